The van der Waals surface area contributed by atoms with Crippen LogP contribution in [0.4, 0.5) is 0 Å². The van der Waals surface area contributed by atoms with Gasteiger partial charge in [0.05, 0.1) is 0 Å². The number of quaternary nitrogens is 1. The molecule has 0 aromatic heterocycles. The second-order valence-corrected chi connectivity index (χ2v) is 5.08. The number of nitrogens with zero attached hydrogens (tertiary/aromatic N) is 1. The molecule has 0 N–H and O–H groups in total. The molecule has 0 heterocycles. The third kappa shape index (κ3) is 9.42. The van der Waals surface area contributed by atoms with Crippen LogP contribution in [-0.4, -0.2) is 36.7 Å². The molecule has 0 saturated heterocycles. The summed E-state index contributed by atoms with van der Waals surface area (Å²) in [7, 11) is 0. The van der Waals surface area contributed by atoms with Crippen molar-refractivity contribution < 1.29 is 26.7 Å². The molecule has 0 amide bonds. The molecule has 0 aromatic carbocycles. The summed E-state index contributed by atoms with van der Waals surface area (Å²) in [6.07, 6.45) is 6.18. The number of carbonyl (C=O) groups is 1. The molecule has 0 aliphatic carbocycles. The topological polar surface area (TPSA) is 26.3 Å². The van der Waals surface area contributed by atoms with Crippen LogP contribution in [-0.2, 0) is 9.63 Å². The Hall–Kier alpha value is -0.120. The number of rotatable bonds is 12. The molecule has 3 nitrogen and oxygen atoms in total. The highest BCUT2D eigenvalue weighted by Crippen LogP contribution is 2.13. The predicted molar refractivity (Wildman–Crippen MR) is 76.2 cm³/mol. The number of Topliss-reactive ketones (excluding diaryl/α,β-unsaturated/α-hetero) is 1. The molecule has 0 aliphatic heterocycles. The van der Waals surface area contributed by atoms with E-state index in [1.54, 1.807) is 0 Å². The summed E-state index contributed by atoms with van der Waals surface area (Å²) in [6, 6.07) is 0. The van der Waals surface area contributed by atoms with E-state index < -0.39 is 0 Å². The number of unbranched alkanes of at least 4 members (excludes halogenated alkanes) is 2. The maximum atomic E-state index is 12.1. The van der Waals surface area contributed by atoms with Crippen LogP contribution in [0.15, 0.2) is 0 Å². The summed E-state index contributed by atoms with van der Waals surface area (Å²) in [5.41, 5.74) is 0. The maximum absolute atomic E-state index is 12.1. The van der Waals surface area contributed by atoms with Crippen LogP contribution in [0.2, 0.25) is 0 Å². The van der Waals surface area contributed by atoms with E-state index in [1.807, 2.05) is 6.92 Å². The minimum atomic E-state index is 0. The number of ketones is 1. The van der Waals surface area contributed by atoms with Crippen LogP contribution in [0.25, 0.3) is 0 Å². The SMILES string of the molecule is CCCCCC(=O)C[N+](CCC)(CCC)OCC.[Cl-]. The molecule has 0 radical (unpaired) electrons. The van der Waals surface area contributed by atoms with Gasteiger partial charge < -0.3 is 12.4 Å². The zero-order valence-corrected chi connectivity index (χ0v) is 14.0. The molecular formula is C15H32ClNO2. The van der Waals surface area contributed by atoms with Crippen molar-refractivity contribution in [1.29, 1.82) is 0 Å². The molecule has 0 spiro atoms. The van der Waals surface area contributed by atoms with E-state index in [2.05, 4.69) is 20.8 Å². The monoisotopic (exact) mass is 293 g/mol. The predicted octanol–water partition coefficient (Wildman–Crippen LogP) is 0.728. The van der Waals surface area contributed by atoms with Gasteiger partial charge in [0.25, 0.3) is 0 Å². The van der Waals surface area contributed by atoms with Crippen molar-refractivity contribution in [3.05, 3.63) is 0 Å². The first kappa shape index (κ1) is 21.2. The Morgan fingerprint density at radius 2 is 1.53 bits per heavy atom. The van der Waals surface area contributed by atoms with Crippen molar-refractivity contribution in [3.63, 3.8) is 0 Å². The quantitative estimate of drug-likeness (QED) is 0.301. The largest absolute Gasteiger partial charge is 1.00 e. The zero-order valence-electron chi connectivity index (χ0n) is 13.2. The number of hydrogen-bond acceptors (Lipinski definition) is 2. The molecule has 0 aromatic rings. The lowest BCUT2D eigenvalue weighted by Crippen LogP contribution is -3.00. The lowest BCUT2D eigenvalue weighted by atomic mass is 10.1. The fraction of sp³-hybridized carbons (Fsp3) is 0.933. The van der Waals surface area contributed by atoms with Gasteiger partial charge >= 0.3 is 0 Å². The van der Waals surface area contributed by atoms with Crippen molar-refractivity contribution in [2.24, 2.45) is 0 Å². The highest BCUT2D eigenvalue weighted by Gasteiger charge is 2.30. The molecule has 0 atom stereocenters. The highest BCUT2D eigenvalue weighted by molar-refractivity contribution is 5.79. The molecule has 0 unspecified atom stereocenters. The molecule has 0 fully saturated rings. The van der Waals surface area contributed by atoms with E-state index >= 15 is 0 Å². The summed E-state index contributed by atoms with van der Waals surface area (Å²) in [5, 5.41) is 0. The third-order valence-electron chi connectivity index (χ3n) is 3.19. The maximum Gasteiger partial charge on any atom is 0.189 e. The van der Waals surface area contributed by atoms with Crippen LogP contribution in [0.3, 0.4) is 0 Å². The van der Waals surface area contributed by atoms with Gasteiger partial charge in [0.2, 0.25) is 0 Å². The summed E-state index contributed by atoms with van der Waals surface area (Å²) in [4.78, 5) is 18.0. The first-order chi connectivity index (χ1) is 8.64. The lowest BCUT2D eigenvalue weighted by molar-refractivity contribution is -1.10. The summed E-state index contributed by atoms with van der Waals surface area (Å²) in [5.74, 6) is 0.360. The van der Waals surface area contributed by atoms with Gasteiger partial charge in [-0.2, -0.15) is 4.65 Å². The zero-order chi connectivity index (χ0) is 13.9. The molecular weight excluding hydrogens is 262 g/mol. The first-order valence-corrected chi connectivity index (χ1v) is 7.66. The summed E-state index contributed by atoms with van der Waals surface area (Å²) < 4.78 is 0.536. The average molecular weight is 294 g/mol. The Labute approximate surface area is 125 Å². The lowest BCUT2D eigenvalue weighted by Gasteiger charge is -2.34. The van der Waals surface area contributed by atoms with Crippen molar-refractivity contribution in [1.82, 2.24) is 0 Å². The molecule has 19 heavy (non-hydrogen) atoms. The van der Waals surface area contributed by atoms with Gasteiger partial charge in [-0.3, -0.25) is 4.79 Å². The van der Waals surface area contributed by atoms with Crippen LogP contribution < -0.4 is 12.4 Å². The van der Waals surface area contributed by atoms with Gasteiger partial charge in [0, 0.05) is 6.42 Å². The van der Waals surface area contributed by atoms with Gasteiger partial charge in [-0.1, -0.05) is 33.6 Å². The van der Waals surface area contributed by atoms with E-state index in [-0.39, 0.29) is 12.4 Å². The van der Waals surface area contributed by atoms with Crippen LogP contribution in [0, 0.1) is 0 Å². The van der Waals surface area contributed by atoms with E-state index in [1.165, 1.54) is 6.42 Å². The van der Waals surface area contributed by atoms with Gasteiger partial charge in [0.1, 0.15) is 19.7 Å². The standard InChI is InChI=1S/C15H32NO2.ClH/c1-5-9-10-11-15(17)14-16(12-6-2,13-7-3)18-8-4;/h5-14H2,1-4H3;1H/q+1;/p-1. The fourth-order valence-electron chi connectivity index (χ4n) is 2.51. The van der Waals surface area contributed by atoms with E-state index in [0.717, 1.165) is 38.8 Å². The molecule has 0 bridgehead atoms. The minimum absolute atomic E-state index is 0. The molecule has 116 valence electrons. The average Bonchev–Trinajstić information content (AvgIpc) is 2.30. The Morgan fingerprint density at radius 3 is 1.95 bits per heavy atom. The summed E-state index contributed by atoms with van der Waals surface area (Å²) in [6.45, 7) is 11.6. The van der Waals surface area contributed by atoms with Crippen molar-refractivity contribution in [2.75, 3.05) is 26.2 Å². The molecule has 4 heteroatoms. The second-order valence-electron chi connectivity index (χ2n) is 5.08. The van der Waals surface area contributed by atoms with Gasteiger partial charge in [0.15, 0.2) is 12.3 Å². The smallest absolute Gasteiger partial charge is 0.189 e. The van der Waals surface area contributed by atoms with Crippen LogP contribution >= 0.6 is 0 Å². The van der Waals surface area contributed by atoms with Crippen molar-refractivity contribution in [2.45, 2.75) is 66.2 Å². The third-order valence-corrected chi connectivity index (χ3v) is 3.19. The summed E-state index contributed by atoms with van der Waals surface area (Å²) >= 11 is 0. The van der Waals surface area contributed by atoms with Crippen LogP contribution in [0.1, 0.15) is 66.2 Å². The normalized spacial score (nSPS) is 11.2. The van der Waals surface area contributed by atoms with Gasteiger partial charge in [-0.15, -0.1) is 0 Å². The number of hydroxylamine groups is 3. The van der Waals surface area contributed by atoms with Crippen molar-refractivity contribution in [3.8, 4) is 0 Å². The first-order valence-electron chi connectivity index (χ1n) is 7.66. The van der Waals surface area contributed by atoms with E-state index in [9.17, 15) is 4.79 Å². The Balaban J connectivity index is 0. The molecule has 0 aliphatic rings. The van der Waals surface area contributed by atoms with Gasteiger partial charge in [-0.25, -0.2) is 4.84 Å². The Kier molecular flexibility index (Phi) is 14.4. The minimum Gasteiger partial charge on any atom is -1.00 e. The molecule has 0 rings (SSSR count). The highest BCUT2D eigenvalue weighted by atomic mass is 35.5. The Bertz CT molecular complexity index is 205. The Morgan fingerprint density at radius 1 is 0.947 bits per heavy atom. The van der Waals surface area contributed by atoms with E-state index in [0.29, 0.717) is 30.0 Å². The van der Waals surface area contributed by atoms with Gasteiger partial charge in [-0.05, 0) is 26.2 Å². The number of halogens is 1. The second kappa shape index (κ2) is 12.9. The van der Waals surface area contributed by atoms with Crippen LogP contribution in [0.5, 0.6) is 0 Å². The van der Waals surface area contributed by atoms with Crippen molar-refractivity contribution >= 4 is 5.78 Å². The fourth-order valence-corrected chi connectivity index (χ4v) is 2.51. The number of hydrogen-bond donors (Lipinski definition) is 0. The number of carbonyl (C=O) groups excluding carboxylic acids is 1. The molecule has 0 saturated carbocycles. The van der Waals surface area contributed by atoms with E-state index in [4.69, 9.17) is 4.84 Å².